The summed E-state index contributed by atoms with van der Waals surface area (Å²) >= 11 is 1.73. The van der Waals surface area contributed by atoms with Gasteiger partial charge in [0.25, 0.3) is 11.6 Å². The molecule has 0 aliphatic carbocycles. The number of hydrogen-bond acceptors (Lipinski definition) is 5. The van der Waals surface area contributed by atoms with Crippen LogP contribution >= 0.6 is 11.8 Å². The molecule has 0 aliphatic rings. The number of carbonyl (C=O) groups is 1. The number of amides is 1. The van der Waals surface area contributed by atoms with E-state index in [2.05, 4.69) is 36.5 Å². The van der Waals surface area contributed by atoms with Gasteiger partial charge in [0.1, 0.15) is 5.75 Å². The Morgan fingerprint density at radius 3 is 2.38 bits per heavy atom. The van der Waals surface area contributed by atoms with Crippen molar-refractivity contribution in [2.45, 2.75) is 17.6 Å². The number of thioether (sulfide) groups is 1. The number of nitro groups is 1. The molecule has 1 N–H and O–H groups in total. The Morgan fingerprint density at radius 2 is 1.76 bits per heavy atom. The molecule has 0 fully saturated rings. The monoisotopic (exact) mass is 408 g/mol. The topological polar surface area (TPSA) is 81.5 Å². The summed E-state index contributed by atoms with van der Waals surface area (Å²) in [6, 6.07) is 19.7. The summed E-state index contributed by atoms with van der Waals surface area (Å²) < 4.78 is 5.18. The van der Waals surface area contributed by atoms with E-state index in [1.165, 1.54) is 35.8 Å². The molecule has 0 saturated heterocycles. The van der Waals surface area contributed by atoms with Crippen LogP contribution < -0.4 is 10.1 Å². The molecule has 0 heterocycles. The maximum Gasteiger partial charge on any atom is 0.271 e. The number of anilines is 1. The van der Waals surface area contributed by atoms with Crippen LogP contribution in [0.4, 0.5) is 11.4 Å². The van der Waals surface area contributed by atoms with Crippen molar-refractivity contribution in [2.75, 3.05) is 12.4 Å². The molecule has 0 unspecified atom stereocenters. The van der Waals surface area contributed by atoms with E-state index in [1.807, 2.05) is 12.1 Å². The van der Waals surface area contributed by atoms with Crippen LogP contribution in [-0.2, 0) is 5.75 Å². The highest BCUT2D eigenvalue weighted by atomic mass is 32.2. The average molecular weight is 408 g/mol. The quantitative estimate of drug-likeness (QED) is 0.319. The summed E-state index contributed by atoms with van der Waals surface area (Å²) in [5.41, 5.74) is 2.92. The number of benzene rings is 3. The van der Waals surface area contributed by atoms with Crippen molar-refractivity contribution >= 4 is 29.0 Å². The molecule has 7 heteroatoms. The summed E-state index contributed by atoms with van der Waals surface area (Å²) in [5, 5.41) is 13.7. The molecule has 0 spiro atoms. The SMILES string of the molecule is COc1ccc([N+](=O)[O-])cc1NC(=O)c1ccc(CSc2ccc(C)cc2)cc1. The number of methoxy groups -OCH3 is 1. The van der Waals surface area contributed by atoms with Gasteiger partial charge in [-0.1, -0.05) is 29.8 Å². The Labute approximate surface area is 173 Å². The molecule has 6 nitrogen and oxygen atoms in total. The number of carbonyl (C=O) groups excluding carboxylic acids is 1. The second kappa shape index (κ2) is 9.25. The van der Waals surface area contributed by atoms with Crippen LogP contribution in [0.1, 0.15) is 21.5 Å². The summed E-state index contributed by atoms with van der Waals surface area (Å²) in [6.07, 6.45) is 0. The first kappa shape index (κ1) is 20.4. The third-order valence-electron chi connectivity index (χ3n) is 4.28. The van der Waals surface area contributed by atoms with Crippen LogP contribution in [0.5, 0.6) is 5.75 Å². The Morgan fingerprint density at radius 1 is 1.07 bits per heavy atom. The maximum absolute atomic E-state index is 12.5. The molecule has 0 saturated carbocycles. The van der Waals surface area contributed by atoms with Gasteiger partial charge in [0.05, 0.1) is 17.7 Å². The number of nitro benzene ring substituents is 1. The van der Waals surface area contributed by atoms with E-state index in [-0.39, 0.29) is 17.3 Å². The van der Waals surface area contributed by atoms with E-state index in [0.717, 1.165) is 11.3 Å². The van der Waals surface area contributed by atoms with Gasteiger partial charge in [-0.3, -0.25) is 14.9 Å². The van der Waals surface area contributed by atoms with E-state index in [9.17, 15) is 14.9 Å². The van der Waals surface area contributed by atoms with Crippen molar-refractivity contribution in [1.29, 1.82) is 0 Å². The molecule has 1 amide bonds. The predicted octanol–water partition coefficient (Wildman–Crippen LogP) is 5.46. The smallest absolute Gasteiger partial charge is 0.271 e. The fraction of sp³-hybridized carbons (Fsp3) is 0.136. The molecule has 0 atom stereocenters. The minimum atomic E-state index is -0.518. The summed E-state index contributed by atoms with van der Waals surface area (Å²) in [7, 11) is 1.44. The molecule has 0 aliphatic heterocycles. The second-order valence-corrected chi connectivity index (χ2v) is 7.44. The van der Waals surface area contributed by atoms with Crippen molar-refractivity contribution in [1.82, 2.24) is 0 Å². The van der Waals surface area contributed by atoms with Gasteiger partial charge in [-0.25, -0.2) is 0 Å². The fourth-order valence-electron chi connectivity index (χ4n) is 2.66. The lowest BCUT2D eigenvalue weighted by molar-refractivity contribution is -0.384. The molecule has 29 heavy (non-hydrogen) atoms. The maximum atomic E-state index is 12.5. The number of non-ortho nitro benzene ring substituents is 1. The molecule has 148 valence electrons. The van der Waals surface area contributed by atoms with Crippen molar-refractivity contribution in [2.24, 2.45) is 0 Å². The second-order valence-electron chi connectivity index (χ2n) is 6.39. The van der Waals surface area contributed by atoms with Crippen molar-refractivity contribution < 1.29 is 14.5 Å². The zero-order valence-corrected chi connectivity index (χ0v) is 16.9. The number of nitrogens with one attached hydrogen (secondary N) is 1. The van der Waals surface area contributed by atoms with Gasteiger partial charge < -0.3 is 10.1 Å². The van der Waals surface area contributed by atoms with Crippen LogP contribution in [-0.4, -0.2) is 17.9 Å². The lowest BCUT2D eigenvalue weighted by atomic mass is 10.1. The third kappa shape index (κ3) is 5.36. The van der Waals surface area contributed by atoms with Gasteiger partial charge in [-0.05, 0) is 42.8 Å². The fourth-order valence-corrected chi connectivity index (χ4v) is 3.51. The summed E-state index contributed by atoms with van der Waals surface area (Å²) in [6.45, 7) is 2.06. The van der Waals surface area contributed by atoms with E-state index >= 15 is 0 Å². The molecule has 3 rings (SSSR count). The minimum Gasteiger partial charge on any atom is -0.495 e. The van der Waals surface area contributed by atoms with Gasteiger partial charge in [-0.2, -0.15) is 0 Å². The molecule has 0 aromatic heterocycles. The molecule has 3 aromatic carbocycles. The predicted molar refractivity (Wildman–Crippen MR) is 115 cm³/mol. The molecular formula is C22H20N2O4S. The highest BCUT2D eigenvalue weighted by Crippen LogP contribution is 2.29. The van der Waals surface area contributed by atoms with Gasteiger partial charge in [-0.15, -0.1) is 11.8 Å². The van der Waals surface area contributed by atoms with Gasteiger partial charge >= 0.3 is 0 Å². The summed E-state index contributed by atoms with van der Waals surface area (Å²) in [5.74, 6) is 0.792. The first-order chi connectivity index (χ1) is 14.0. The van der Waals surface area contributed by atoms with Crippen LogP contribution in [0.3, 0.4) is 0 Å². The van der Waals surface area contributed by atoms with Gasteiger partial charge in [0.2, 0.25) is 0 Å². The van der Waals surface area contributed by atoms with E-state index < -0.39 is 4.92 Å². The average Bonchev–Trinajstić information content (AvgIpc) is 2.73. The number of rotatable bonds is 7. The Balaban J connectivity index is 1.66. The Kier molecular flexibility index (Phi) is 6.51. The normalized spacial score (nSPS) is 10.4. The van der Waals surface area contributed by atoms with E-state index in [4.69, 9.17) is 4.74 Å². The molecular weight excluding hydrogens is 388 g/mol. The standard InChI is InChI=1S/C22H20N2O4S/c1-15-3-10-19(11-4-15)29-14-16-5-7-17(8-6-16)22(25)23-20-13-18(24(26)27)9-12-21(20)28-2/h3-13H,14H2,1-2H3,(H,23,25). The van der Waals surface area contributed by atoms with Crippen LogP contribution in [0.25, 0.3) is 0 Å². The lowest BCUT2D eigenvalue weighted by Gasteiger charge is -2.10. The first-order valence-electron chi connectivity index (χ1n) is 8.88. The van der Waals surface area contributed by atoms with Crippen LogP contribution in [0.15, 0.2) is 71.6 Å². The van der Waals surface area contributed by atoms with Gasteiger partial charge in [0, 0.05) is 28.3 Å². The van der Waals surface area contributed by atoms with Crippen molar-refractivity contribution in [3.63, 3.8) is 0 Å². The molecule has 0 radical (unpaired) electrons. The first-order valence-corrected chi connectivity index (χ1v) is 9.87. The zero-order chi connectivity index (χ0) is 20.8. The van der Waals surface area contributed by atoms with E-state index in [0.29, 0.717) is 11.3 Å². The molecule has 3 aromatic rings. The minimum absolute atomic E-state index is 0.121. The third-order valence-corrected chi connectivity index (χ3v) is 5.37. The zero-order valence-electron chi connectivity index (χ0n) is 16.0. The van der Waals surface area contributed by atoms with Crippen molar-refractivity contribution in [3.05, 3.63) is 93.5 Å². The highest BCUT2D eigenvalue weighted by molar-refractivity contribution is 7.98. The number of nitrogens with zero attached hydrogens (tertiary/aromatic N) is 1. The Hall–Kier alpha value is -3.32. The number of hydrogen-bond donors (Lipinski definition) is 1. The Bertz CT molecular complexity index is 1020. The molecule has 0 bridgehead atoms. The van der Waals surface area contributed by atoms with Gasteiger partial charge in [0.15, 0.2) is 0 Å². The van der Waals surface area contributed by atoms with E-state index in [1.54, 1.807) is 23.9 Å². The largest absolute Gasteiger partial charge is 0.495 e. The van der Waals surface area contributed by atoms with Crippen LogP contribution in [0.2, 0.25) is 0 Å². The highest BCUT2D eigenvalue weighted by Gasteiger charge is 2.14. The van der Waals surface area contributed by atoms with Crippen molar-refractivity contribution in [3.8, 4) is 5.75 Å². The van der Waals surface area contributed by atoms with Crippen LogP contribution in [0, 0.1) is 17.0 Å². The lowest BCUT2D eigenvalue weighted by Crippen LogP contribution is -2.12. The number of ether oxygens (including phenoxy) is 1. The summed E-state index contributed by atoms with van der Waals surface area (Å²) in [4.78, 5) is 24.2. The number of aryl methyl sites for hydroxylation is 1.